The normalized spacial score (nSPS) is 11.0. The Morgan fingerprint density at radius 1 is 1.36 bits per heavy atom. The third-order valence-corrected chi connectivity index (χ3v) is 3.89. The zero-order chi connectivity index (χ0) is 18.1. The minimum Gasteiger partial charge on any atom is -0.383 e. The molecule has 0 aliphatic carbocycles. The minimum atomic E-state index is 0.110. The second kappa shape index (κ2) is 6.48. The molecule has 0 unspecified atom stereocenters. The van der Waals surface area contributed by atoms with E-state index in [1.807, 2.05) is 13.8 Å². The summed E-state index contributed by atoms with van der Waals surface area (Å²) >= 11 is 6.17. The van der Waals surface area contributed by atoms with Gasteiger partial charge >= 0.3 is 0 Å². The number of hydrogen-bond acceptors (Lipinski definition) is 7. The van der Waals surface area contributed by atoms with E-state index < -0.39 is 0 Å². The number of fused-ring (bicyclic) bond motifs is 1. The van der Waals surface area contributed by atoms with Crippen molar-refractivity contribution in [3.8, 4) is 0 Å². The fourth-order valence-electron chi connectivity index (χ4n) is 2.54. The molecule has 0 aliphatic rings. The number of nitrogen functional groups attached to an aromatic ring is 1. The predicted molar refractivity (Wildman–Crippen MR) is 99.9 cm³/mol. The first-order valence-corrected chi connectivity index (χ1v) is 7.90. The summed E-state index contributed by atoms with van der Waals surface area (Å²) in [5.74, 6) is 0.677. The number of anilines is 2. The van der Waals surface area contributed by atoms with E-state index in [4.69, 9.17) is 22.7 Å². The van der Waals surface area contributed by atoms with E-state index in [1.165, 1.54) is 12.4 Å². The van der Waals surface area contributed by atoms with Crippen LogP contribution in [0.5, 0.6) is 0 Å². The van der Waals surface area contributed by atoms with Crippen LogP contribution < -0.4 is 11.1 Å². The molecule has 5 N–H and O–H groups in total. The summed E-state index contributed by atoms with van der Waals surface area (Å²) in [6, 6.07) is 4.88. The maximum atomic E-state index is 10.8. The zero-order valence-electron chi connectivity index (χ0n) is 13.6. The molecule has 0 bridgehead atoms. The van der Waals surface area contributed by atoms with Gasteiger partial charge in [-0.1, -0.05) is 11.6 Å². The number of benzene rings is 1. The number of nitroso groups, excluding NO2 is 1. The van der Waals surface area contributed by atoms with Gasteiger partial charge in [0.15, 0.2) is 0 Å². The summed E-state index contributed by atoms with van der Waals surface area (Å²) in [5, 5.41) is 15.6. The van der Waals surface area contributed by atoms with Crippen LogP contribution in [0.15, 0.2) is 29.7 Å². The number of halogens is 1. The Bertz CT molecular complexity index is 980. The van der Waals surface area contributed by atoms with Gasteiger partial charge < -0.3 is 16.0 Å². The van der Waals surface area contributed by atoms with Crippen LogP contribution in [0.2, 0.25) is 5.02 Å². The summed E-state index contributed by atoms with van der Waals surface area (Å²) in [6.07, 6.45) is 1.35. The number of nitrogens with one attached hydrogen (secondary N) is 3. The van der Waals surface area contributed by atoms with Gasteiger partial charge in [0.05, 0.1) is 27.5 Å². The summed E-state index contributed by atoms with van der Waals surface area (Å²) in [4.78, 5) is 22.0. The molecule has 8 nitrogen and oxygen atoms in total. The maximum absolute atomic E-state index is 10.8. The molecule has 2 aromatic heterocycles. The Labute approximate surface area is 148 Å². The van der Waals surface area contributed by atoms with Gasteiger partial charge in [0.1, 0.15) is 23.7 Å². The maximum Gasteiger partial charge on any atom is 0.141 e. The number of aromatic nitrogens is 3. The molecule has 0 radical (unpaired) electrons. The van der Waals surface area contributed by atoms with Crippen molar-refractivity contribution in [3.63, 3.8) is 0 Å². The highest BCUT2D eigenvalue weighted by molar-refractivity contribution is 6.35. The van der Waals surface area contributed by atoms with Crippen LogP contribution in [0.3, 0.4) is 0 Å². The molecule has 3 rings (SSSR count). The van der Waals surface area contributed by atoms with Crippen molar-refractivity contribution in [3.05, 3.63) is 45.7 Å². The molecule has 25 heavy (non-hydrogen) atoms. The van der Waals surface area contributed by atoms with Crippen LogP contribution in [0, 0.1) is 10.3 Å². The lowest BCUT2D eigenvalue weighted by atomic mass is 10.1. The van der Waals surface area contributed by atoms with E-state index in [-0.39, 0.29) is 23.3 Å². The molecule has 0 aliphatic heterocycles. The molecule has 2 heterocycles. The van der Waals surface area contributed by atoms with Crippen molar-refractivity contribution in [2.24, 2.45) is 5.18 Å². The van der Waals surface area contributed by atoms with Gasteiger partial charge in [-0.15, -0.1) is 4.91 Å². The number of H-pyrrole nitrogens is 1. The molecule has 0 spiro atoms. The van der Waals surface area contributed by atoms with E-state index >= 15 is 0 Å². The second-order valence-electron chi connectivity index (χ2n) is 5.82. The fourth-order valence-corrected chi connectivity index (χ4v) is 2.80. The monoisotopic (exact) mass is 357 g/mol. The molecule has 0 atom stereocenters. The summed E-state index contributed by atoms with van der Waals surface area (Å²) in [7, 11) is 0. The van der Waals surface area contributed by atoms with E-state index in [0.717, 1.165) is 0 Å². The summed E-state index contributed by atoms with van der Waals surface area (Å²) in [5.41, 5.74) is 7.81. The molecule has 9 heteroatoms. The first-order chi connectivity index (χ1) is 11.9. The molecule has 0 saturated carbocycles. The SMILES string of the molecule is CC(C)Nc1ncnc(N)c1C(=N)c1cc2cc(N=O)cc(Cl)c2[nH]1. The van der Waals surface area contributed by atoms with Crippen molar-refractivity contribution in [1.29, 1.82) is 5.41 Å². The zero-order valence-corrected chi connectivity index (χ0v) is 14.3. The Balaban J connectivity index is 2.12. The number of aromatic amines is 1. The van der Waals surface area contributed by atoms with Gasteiger partial charge in [-0.25, -0.2) is 9.97 Å². The smallest absolute Gasteiger partial charge is 0.141 e. The lowest BCUT2D eigenvalue weighted by Crippen LogP contribution is -2.18. The largest absolute Gasteiger partial charge is 0.383 e. The average molecular weight is 358 g/mol. The number of nitrogens with zero attached hydrogens (tertiary/aromatic N) is 3. The standard InChI is InChI=1S/C16H16ClN7O/c1-7(2)22-16-12(15(19)20-6-21-16)13(18)11-4-8-3-9(24-25)5-10(17)14(8)23-11/h3-7,18,23H,1-2H3,(H3,19,20,21,22). The van der Waals surface area contributed by atoms with Gasteiger partial charge in [-0.2, -0.15) is 0 Å². The lowest BCUT2D eigenvalue weighted by Gasteiger charge is -2.14. The van der Waals surface area contributed by atoms with E-state index in [0.29, 0.717) is 33.0 Å². The molecule has 0 fully saturated rings. The van der Waals surface area contributed by atoms with Crippen molar-refractivity contribution < 1.29 is 0 Å². The quantitative estimate of drug-likeness (QED) is 0.406. The Morgan fingerprint density at radius 3 is 2.80 bits per heavy atom. The number of nitrogens with two attached hydrogens (primary N) is 1. The van der Waals surface area contributed by atoms with E-state index in [9.17, 15) is 4.91 Å². The van der Waals surface area contributed by atoms with Gasteiger partial charge in [0.25, 0.3) is 0 Å². The van der Waals surface area contributed by atoms with Crippen LogP contribution in [0.1, 0.15) is 25.1 Å². The van der Waals surface area contributed by atoms with Crippen LogP contribution >= 0.6 is 11.6 Å². The van der Waals surface area contributed by atoms with Crippen molar-refractivity contribution in [2.45, 2.75) is 19.9 Å². The van der Waals surface area contributed by atoms with E-state index in [1.54, 1.807) is 12.1 Å². The predicted octanol–water partition coefficient (Wildman–Crippen LogP) is 3.83. The van der Waals surface area contributed by atoms with Crippen molar-refractivity contribution in [1.82, 2.24) is 15.0 Å². The number of hydrogen-bond donors (Lipinski definition) is 4. The average Bonchev–Trinajstić information content (AvgIpc) is 2.98. The summed E-state index contributed by atoms with van der Waals surface area (Å²) in [6.45, 7) is 3.92. The highest BCUT2D eigenvalue weighted by atomic mass is 35.5. The third-order valence-electron chi connectivity index (χ3n) is 3.59. The van der Waals surface area contributed by atoms with Gasteiger partial charge in [-0.3, -0.25) is 5.41 Å². The van der Waals surface area contributed by atoms with Crippen LogP contribution in [0.25, 0.3) is 10.9 Å². The van der Waals surface area contributed by atoms with Crippen molar-refractivity contribution in [2.75, 3.05) is 11.1 Å². The van der Waals surface area contributed by atoms with Gasteiger partial charge in [0, 0.05) is 11.4 Å². The molecular weight excluding hydrogens is 342 g/mol. The highest BCUT2D eigenvalue weighted by Gasteiger charge is 2.19. The first-order valence-electron chi connectivity index (χ1n) is 7.52. The third kappa shape index (κ3) is 3.16. The Kier molecular flexibility index (Phi) is 4.37. The topological polar surface area (TPSA) is 133 Å². The molecule has 128 valence electrons. The summed E-state index contributed by atoms with van der Waals surface area (Å²) < 4.78 is 0. The van der Waals surface area contributed by atoms with Crippen LogP contribution in [0.4, 0.5) is 17.3 Å². The van der Waals surface area contributed by atoms with Gasteiger partial charge in [-0.05, 0) is 37.2 Å². The van der Waals surface area contributed by atoms with Crippen molar-refractivity contribution >= 4 is 45.5 Å². The van der Waals surface area contributed by atoms with Crippen LogP contribution in [-0.2, 0) is 0 Å². The Hall–Kier alpha value is -3.00. The molecular formula is C16H16ClN7O. The first kappa shape index (κ1) is 16.8. The fraction of sp³-hybridized carbons (Fsp3) is 0.188. The molecule has 0 saturated heterocycles. The van der Waals surface area contributed by atoms with Gasteiger partial charge in [0.2, 0.25) is 0 Å². The second-order valence-corrected chi connectivity index (χ2v) is 6.23. The Morgan fingerprint density at radius 2 is 2.12 bits per heavy atom. The highest BCUT2D eigenvalue weighted by Crippen LogP contribution is 2.31. The van der Waals surface area contributed by atoms with Crippen LogP contribution in [-0.4, -0.2) is 26.7 Å². The molecule has 0 amide bonds. The lowest BCUT2D eigenvalue weighted by molar-refractivity contribution is 0.885. The van der Waals surface area contributed by atoms with E-state index in [2.05, 4.69) is 25.4 Å². The number of rotatable bonds is 5. The molecule has 1 aromatic carbocycles. The molecule has 3 aromatic rings. The minimum absolute atomic E-state index is 0.110.